The Bertz CT molecular complexity index is 910. The summed E-state index contributed by atoms with van der Waals surface area (Å²) in [7, 11) is 0. The average Bonchev–Trinajstić information content (AvgIpc) is 3.03. The first-order valence-corrected chi connectivity index (χ1v) is 14.1. The molecule has 0 bridgehead atoms. The molecule has 0 radical (unpaired) electrons. The second-order valence-corrected chi connectivity index (χ2v) is 11.1. The second-order valence-electron chi connectivity index (χ2n) is 11.1. The molecule has 0 saturated carbocycles. The molecular formula is C24H42O21. The molecule has 0 unspecified atom stereocenters. The Morgan fingerprint density at radius 2 is 0.644 bits per heavy atom. The molecule has 21 heteroatoms. The van der Waals surface area contributed by atoms with Crippen molar-refractivity contribution in [3.63, 3.8) is 0 Å². The number of aliphatic hydroxyl groups is 14. The normalized spacial score (nSPS) is 52.9. The molecule has 45 heavy (non-hydrogen) atoms. The minimum Gasteiger partial charge on any atom is -0.394 e. The minimum absolute atomic E-state index is 0.784. The van der Waals surface area contributed by atoms with Crippen LogP contribution in [0.2, 0.25) is 0 Å². The van der Waals surface area contributed by atoms with Gasteiger partial charge in [-0.15, -0.1) is 0 Å². The van der Waals surface area contributed by atoms with Gasteiger partial charge in [0, 0.05) is 0 Å². The standard InChI is InChI=1S/C24H42O21/c25-1-5-9(29)10(30)15(35)22(40-5)44-19-7(3-27)42-24(17(37)12(19)32)45-20-8(4-28)41-23(16(36)13(20)33)43-18-6(2-26)39-21(38)14(34)11(18)31/h5-38H,1-4H2/t5-,6-,7-,8-,9-,10+,11-,12-,13-,14+,15-,16+,17+,18-,19-,20-,21-,22+,23+,24+/m1/s1. The molecule has 4 rings (SSSR count). The highest BCUT2D eigenvalue weighted by atomic mass is 16.8. The van der Waals surface area contributed by atoms with Gasteiger partial charge in [0.05, 0.1) is 26.4 Å². The van der Waals surface area contributed by atoms with E-state index in [1.165, 1.54) is 0 Å². The summed E-state index contributed by atoms with van der Waals surface area (Å²) < 4.78 is 37.7. The molecule has 4 fully saturated rings. The maximum Gasteiger partial charge on any atom is 0.187 e. The molecule has 21 nitrogen and oxygen atoms in total. The third-order valence-corrected chi connectivity index (χ3v) is 8.20. The third-order valence-electron chi connectivity index (χ3n) is 8.20. The molecule has 0 aromatic heterocycles. The third kappa shape index (κ3) is 7.44. The SMILES string of the molecule is OC[C@H]1O[C@@H](O[C@H]2[C@H](O)[C@H](O)[C@H](O[C@H]3[C@H](O)[C@H](O)[C@H](O[C@H]4[C@H](O)[C@H](O)[C@H](O)O[C@@H]4CO)O[C@@H]3CO)O[C@@H]2CO)[C@H](O)[C@@H](O)[C@@H]1O. The van der Waals surface area contributed by atoms with Gasteiger partial charge in [0.2, 0.25) is 0 Å². The molecular weight excluding hydrogens is 624 g/mol. The molecule has 4 heterocycles. The number of hydrogen-bond donors (Lipinski definition) is 14. The lowest BCUT2D eigenvalue weighted by atomic mass is 9.95. The maximum atomic E-state index is 10.9. The van der Waals surface area contributed by atoms with Gasteiger partial charge in [-0.05, 0) is 0 Å². The largest absolute Gasteiger partial charge is 0.394 e. The van der Waals surface area contributed by atoms with Gasteiger partial charge in [0.25, 0.3) is 0 Å². The van der Waals surface area contributed by atoms with Crippen LogP contribution in [-0.2, 0) is 33.2 Å². The fourth-order valence-corrected chi connectivity index (χ4v) is 5.55. The van der Waals surface area contributed by atoms with E-state index in [0.717, 1.165) is 0 Å². The summed E-state index contributed by atoms with van der Waals surface area (Å²) >= 11 is 0. The Kier molecular flexibility index (Phi) is 12.8. The van der Waals surface area contributed by atoms with Crippen molar-refractivity contribution in [1.29, 1.82) is 0 Å². The highest BCUT2D eigenvalue weighted by Gasteiger charge is 2.55. The first kappa shape index (κ1) is 37.0. The van der Waals surface area contributed by atoms with Crippen LogP contribution in [0.15, 0.2) is 0 Å². The van der Waals surface area contributed by atoms with E-state index in [0.29, 0.717) is 0 Å². The average molecular weight is 667 g/mol. The van der Waals surface area contributed by atoms with Crippen molar-refractivity contribution in [2.45, 2.75) is 123 Å². The second kappa shape index (κ2) is 15.6. The molecule has 0 aromatic carbocycles. The zero-order valence-corrected chi connectivity index (χ0v) is 23.5. The first-order chi connectivity index (χ1) is 21.3. The van der Waals surface area contributed by atoms with Crippen LogP contribution in [0.5, 0.6) is 0 Å². The van der Waals surface area contributed by atoms with Gasteiger partial charge in [-0.3, -0.25) is 0 Å². The summed E-state index contributed by atoms with van der Waals surface area (Å²) in [5, 5.41) is 142. The summed E-state index contributed by atoms with van der Waals surface area (Å²) in [5.74, 6) is 0. The molecule has 14 N–H and O–H groups in total. The van der Waals surface area contributed by atoms with Crippen LogP contribution >= 0.6 is 0 Å². The summed E-state index contributed by atoms with van der Waals surface area (Å²) in [4.78, 5) is 0. The zero-order chi connectivity index (χ0) is 33.3. The first-order valence-electron chi connectivity index (χ1n) is 14.1. The summed E-state index contributed by atoms with van der Waals surface area (Å²) in [6.45, 7) is -3.39. The molecule has 4 saturated heterocycles. The van der Waals surface area contributed by atoms with Gasteiger partial charge in [-0.1, -0.05) is 0 Å². The minimum atomic E-state index is -2.02. The number of ether oxygens (including phenoxy) is 7. The molecule has 0 spiro atoms. The lowest BCUT2D eigenvalue weighted by Gasteiger charge is -2.49. The maximum absolute atomic E-state index is 10.9. The van der Waals surface area contributed by atoms with Crippen molar-refractivity contribution >= 4 is 0 Å². The lowest BCUT2D eigenvalue weighted by molar-refractivity contribution is -0.387. The van der Waals surface area contributed by atoms with Crippen molar-refractivity contribution in [2.75, 3.05) is 26.4 Å². The van der Waals surface area contributed by atoms with Gasteiger partial charge in [-0.2, -0.15) is 0 Å². The van der Waals surface area contributed by atoms with Crippen molar-refractivity contribution in [1.82, 2.24) is 0 Å². The van der Waals surface area contributed by atoms with E-state index in [1.54, 1.807) is 0 Å². The molecule has 20 atom stereocenters. The monoisotopic (exact) mass is 666 g/mol. The molecule has 4 aliphatic heterocycles. The van der Waals surface area contributed by atoms with Crippen LogP contribution in [0.3, 0.4) is 0 Å². The van der Waals surface area contributed by atoms with Gasteiger partial charge in [-0.25, -0.2) is 0 Å². The van der Waals surface area contributed by atoms with E-state index < -0.39 is 149 Å². The van der Waals surface area contributed by atoms with Crippen LogP contribution in [0.25, 0.3) is 0 Å². The predicted octanol–water partition coefficient (Wildman–Crippen LogP) is -9.75. The van der Waals surface area contributed by atoms with Crippen molar-refractivity contribution < 1.29 is 105 Å². The Labute approximate surface area is 254 Å². The van der Waals surface area contributed by atoms with E-state index in [-0.39, 0.29) is 0 Å². The van der Waals surface area contributed by atoms with E-state index in [2.05, 4.69) is 0 Å². The highest BCUT2D eigenvalue weighted by molar-refractivity contribution is 4.97. The van der Waals surface area contributed by atoms with E-state index in [1.807, 2.05) is 0 Å². The summed E-state index contributed by atoms with van der Waals surface area (Å²) in [6, 6.07) is 0. The molecule has 0 amide bonds. The van der Waals surface area contributed by atoms with Crippen molar-refractivity contribution in [3.05, 3.63) is 0 Å². The van der Waals surface area contributed by atoms with Gasteiger partial charge >= 0.3 is 0 Å². The van der Waals surface area contributed by atoms with Gasteiger partial charge < -0.3 is 105 Å². The number of rotatable bonds is 10. The lowest BCUT2D eigenvalue weighted by Crippen LogP contribution is -2.67. The quantitative estimate of drug-likeness (QED) is 0.103. The van der Waals surface area contributed by atoms with Crippen LogP contribution < -0.4 is 0 Å². The molecule has 4 aliphatic rings. The van der Waals surface area contributed by atoms with Crippen molar-refractivity contribution in [2.24, 2.45) is 0 Å². The number of aliphatic hydroxyl groups excluding tert-OH is 14. The van der Waals surface area contributed by atoms with Crippen LogP contribution in [0.1, 0.15) is 0 Å². The van der Waals surface area contributed by atoms with Gasteiger partial charge in [0.15, 0.2) is 25.2 Å². The van der Waals surface area contributed by atoms with Gasteiger partial charge in [0.1, 0.15) is 97.7 Å². The Hall–Kier alpha value is -0.840. The predicted molar refractivity (Wildman–Crippen MR) is 134 cm³/mol. The van der Waals surface area contributed by atoms with E-state index in [9.17, 15) is 71.5 Å². The fourth-order valence-electron chi connectivity index (χ4n) is 5.55. The van der Waals surface area contributed by atoms with Crippen LogP contribution in [0.4, 0.5) is 0 Å². The Morgan fingerprint density at radius 1 is 0.333 bits per heavy atom. The molecule has 264 valence electrons. The number of hydrogen-bond acceptors (Lipinski definition) is 21. The highest BCUT2D eigenvalue weighted by Crippen LogP contribution is 2.34. The zero-order valence-electron chi connectivity index (χ0n) is 23.5. The Balaban J connectivity index is 1.43. The summed E-state index contributed by atoms with van der Waals surface area (Å²) in [5.41, 5.74) is 0. The fraction of sp³-hybridized carbons (Fsp3) is 1.00. The topological polar surface area (TPSA) is 348 Å². The van der Waals surface area contributed by atoms with E-state index >= 15 is 0 Å². The van der Waals surface area contributed by atoms with Crippen LogP contribution in [0, 0.1) is 0 Å². The molecule has 0 aliphatic carbocycles. The molecule has 0 aromatic rings. The Morgan fingerprint density at radius 3 is 1.02 bits per heavy atom. The summed E-state index contributed by atoms with van der Waals surface area (Å²) in [6.07, 6.45) is -35.3. The van der Waals surface area contributed by atoms with E-state index in [4.69, 9.17) is 33.2 Å². The van der Waals surface area contributed by atoms with Crippen molar-refractivity contribution in [3.8, 4) is 0 Å². The van der Waals surface area contributed by atoms with Crippen LogP contribution in [-0.4, -0.2) is 221 Å². The smallest absolute Gasteiger partial charge is 0.187 e.